The molecule has 0 heterocycles. The minimum absolute atomic E-state index is 0.100. The van der Waals surface area contributed by atoms with Crippen LogP contribution < -0.4 is 0 Å². The zero-order valence-electron chi connectivity index (χ0n) is 10.0. The first kappa shape index (κ1) is 13.9. The highest BCUT2D eigenvalue weighted by atomic mass is 32.2. The molecular formula is C9H14O7S2. The van der Waals surface area contributed by atoms with Gasteiger partial charge in [-0.05, 0) is 25.7 Å². The summed E-state index contributed by atoms with van der Waals surface area (Å²) < 4.78 is 52.3. The molecule has 0 bridgehead atoms. The van der Waals surface area contributed by atoms with Crippen molar-refractivity contribution in [3.8, 4) is 0 Å². The average Bonchev–Trinajstić information content (AvgIpc) is 3.18. The molecule has 2 saturated carbocycles. The lowest BCUT2D eigenvalue weighted by Crippen LogP contribution is -2.46. The fourth-order valence-electron chi connectivity index (χ4n) is 2.14. The van der Waals surface area contributed by atoms with Gasteiger partial charge in [-0.25, -0.2) is 0 Å². The van der Waals surface area contributed by atoms with Crippen molar-refractivity contribution >= 4 is 26.0 Å². The van der Waals surface area contributed by atoms with Gasteiger partial charge >= 0.3 is 0 Å². The summed E-state index contributed by atoms with van der Waals surface area (Å²) in [4.78, 5) is 12.3. The van der Waals surface area contributed by atoms with Crippen LogP contribution in [0.1, 0.15) is 25.7 Å². The predicted octanol–water partition coefficient (Wildman–Crippen LogP) is -0.427. The van der Waals surface area contributed by atoms with E-state index in [-0.39, 0.29) is 25.7 Å². The quantitative estimate of drug-likeness (QED) is 0.613. The van der Waals surface area contributed by atoms with E-state index in [1.165, 1.54) is 0 Å². The molecular weight excluding hydrogens is 284 g/mol. The fraction of sp³-hybridized carbons (Fsp3) is 0.889. The molecule has 104 valence electrons. The highest BCUT2D eigenvalue weighted by Gasteiger charge is 2.73. The highest BCUT2D eigenvalue weighted by molar-refractivity contribution is 7.91. The van der Waals surface area contributed by atoms with E-state index in [1.54, 1.807) is 0 Å². The summed E-state index contributed by atoms with van der Waals surface area (Å²) in [5.74, 6) is -0.807. The molecule has 0 radical (unpaired) electrons. The van der Waals surface area contributed by atoms with Gasteiger partial charge < -0.3 is 0 Å². The van der Waals surface area contributed by atoms with Gasteiger partial charge in [0.15, 0.2) is 15.3 Å². The summed E-state index contributed by atoms with van der Waals surface area (Å²) in [6.45, 7) is 0. The first-order chi connectivity index (χ1) is 8.19. The van der Waals surface area contributed by atoms with Crippen LogP contribution in [0.5, 0.6) is 0 Å². The van der Waals surface area contributed by atoms with E-state index in [2.05, 4.69) is 8.37 Å². The number of ketones is 1. The van der Waals surface area contributed by atoms with Crippen LogP contribution in [-0.4, -0.2) is 46.3 Å². The minimum Gasteiger partial charge on any atom is -0.296 e. The monoisotopic (exact) mass is 298 g/mol. The third-order valence-corrected chi connectivity index (χ3v) is 7.61. The first-order valence-corrected chi connectivity index (χ1v) is 8.16. The lowest BCUT2D eigenvalue weighted by Gasteiger charge is -2.19. The molecule has 0 spiro atoms. The van der Waals surface area contributed by atoms with Crippen molar-refractivity contribution < 1.29 is 30.0 Å². The molecule has 7 nitrogen and oxygen atoms in total. The molecule has 18 heavy (non-hydrogen) atoms. The Morgan fingerprint density at radius 3 is 1.28 bits per heavy atom. The van der Waals surface area contributed by atoms with E-state index in [4.69, 9.17) is 0 Å². The zero-order chi connectivity index (χ0) is 13.8. The summed E-state index contributed by atoms with van der Waals surface area (Å²) in [6.07, 6.45) is 0.401. The first-order valence-electron chi connectivity index (χ1n) is 5.34. The maximum atomic E-state index is 12.3. The van der Waals surface area contributed by atoms with E-state index in [0.29, 0.717) is 0 Å². The van der Waals surface area contributed by atoms with Crippen molar-refractivity contribution in [3.63, 3.8) is 0 Å². The molecule has 0 aromatic heterocycles. The molecule has 2 aliphatic carbocycles. The second-order valence-corrected chi connectivity index (χ2v) is 8.61. The van der Waals surface area contributed by atoms with Gasteiger partial charge in [-0.15, -0.1) is 0 Å². The third-order valence-electron chi connectivity index (χ3n) is 3.63. The second-order valence-electron chi connectivity index (χ2n) is 4.56. The van der Waals surface area contributed by atoms with Crippen molar-refractivity contribution in [3.05, 3.63) is 0 Å². The molecule has 0 aliphatic heterocycles. The van der Waals surface area contributed by atoms with Crippen molar-refractivity contribution in [1.29, 1.82) is 0 Å². The summed E-state index contributed by atoms with van der Waals surface area (Å²) in [5.41, 5.74) is 0. The molecule has 2 rings (SSSR count). The standard InChI is InChI=1S/C9H14O7S2/c1-15-17(11,12)8(3-4-8)7(10)9(5-6-9)18(13,14)16-2/h3-6H2,1-2H3. The van der Waals surface area contributed by atoms with Gasteiger partial charge in [-0.3, -0.25) is 13.2 Å². The number of Topliss-reactive ketones (excluding diaryl/α,β-unsaturated/α-hetero) is 1. The van der Waals surface area contributed by atoms with Crippen molar-refractivity contribution in [1.82, 2.24) is 0 Å². The average molecular weight is 298 g/mol. The minimum atomic E-state index is -4.07. The third kappa shape index (κ3) is 1.57. The molecule has 2 fully saturated rings. The fourth-order valence-corrected chi connectivity index (χ4v) is 4.89. The molecule has 0 atom stereocenters. The van der Waals surface area contributed by atoms with Gasteiger partial charge in [-0.2, -0.15) is 16.8 Å². The Labute approximate surface area is 106 Å². The van der Waals surface area contributed by atoms with Gasteiger partial charge in [0.1, 0.15) is 0 Å². The largest absolute Gasteiger partial charge is 0.296 e. The Balaban J connectivity index is 2.41. The summed E-state index contributed by atoms with van der Waals surface area (Å²) >= 11 is 0. The van der Waals surface area contributed by atoms with Gasteiger partial charge in [0.05, 0.1) is 14.2 Å². The Morgan fingerprint density at radius 1 is 0.833 bits per heavy atom. The molecule has 2 aliphatic rings. The van der Waals surface area contributed by atoms with Crippen LogP contribution in [0.15, 0.2) is 0 Å². The van der Waals surface area contributed by atoms with Crippen LogP contribution in [0.2, 0.25) is 0 Å². The summed E-state index contributed by atoms with van der Waals surface area (Å²) in [7, 11) is -6.20. The van der Waals surface area contributed by atoms with Crippen LogP contribution in [0.25, 0.3) is 0 Å². The van der Waals surface area contributed by atoms with E-state index < -0.39 is 35.5 Å². The van der Waals surface area contributed by atoms with Gasteiger partial charge in [0.2, 0.25) is 0 Å². The van der Waals surface area contributed by atoms with Gasteiger partial charge in [-0.1, -0.05) is 0 Å². The molecule has 0 saturated heterocycles. The molecule has 0 unspecified atom stereocenters. The Morgan fingerprint density at radius 2 is 1.11 bits per heavy atom. The second kappa shape index (κ2) is 3.75. The van der Waals surface area contributed by atoms with Crippen LogP contribution >= 0.6 is 0 Å². The zero-order valence-corrected chi connectivity index (χ0v) is 11.6. The Hall–Kier alpha value is -0.510. The van der Waals surface area contributed by atoms with Crippen LogP contribution in [0, 0.1) is 0 Å². The van der Waals surface area contributed by atoms with E-state index in [9.17, 15) is 21.6 Å². The number of hydrogen-bond donors (Lipinski definition) is 0. The number of rotatable bonds is 6. The van der Waals surface area contributed by atoms with E-state index >= 15 is 0 Å². The summed E-state index contributed by atoms with van der Waals surface area (Å²) in [6, 6.07) is 0. The Bertz CT molecular complexity index is 526. The van der Waals surface area contributed by atoms with Crippen molar-refractivity contribution in [2.75, 3.05) is 14.2 Å². The van der Waals surface area contributed by atoms with Crippen LogP contribution in [0.3, 0.4) is 0 Å². The topological polar surface area (TPSA) is 104 Å². The molecule has 0 aromatic carbocycles. The maximum Gasteiger partial charge on any atom is 0.280 e. The molecule has 9 heteroatoms. The van der Waals surface area contributed by atoms with Crippen molar-refractivity contribution in [2.24, 2.45) is 0 Å². The number of hydrogen-bond acceptors (Lipinski definition) is 7. The lowest BCUT2D eigenvalue weighted by atomic mass is 10.1. The predicted molar refractivity (Wildman–Crippen MR) is 60.8 cm³/mol. The van der Waals surface area contributed by atoms with Crippen LogP contribution in [0.4, 0.5) is 0 Å². The van der Waals surface area contributed by atoms with E-state index in [0.717, 1.165) is 14.2 Å². The number of carbonyl (C=O) groups is 1. The lowest BCUT2D eigenvalue weighted by molar-refractivity contribution is -0.119. The van der Waals surface area contributed by atoms with Gasteiger partial charge in [0, 0.05) is 0 Å². The normalized spacial score (nSPS) is 24.6. The van der Waals surface area contributed by atoms with Crippen LogP contribution in [-0.2, 0) is 33.4 Å². The maximum absolute atomic E-state index is 12.3. The van der Waals surface area contributed by atoms with Crippen molar-refractivity contribution in [2.45, 2.75) is 35.2 Å². The summed E-state index contributed by atoms with van der Waals surface area (Å²) in [5, 5.41) is 0. The molecule has 0 amide bonds. The molecule has 0 aromatic rings. The highest BCUT2D eigenvalue weighted by Crippen LogP contribution is 2.56. The van der Waals surface area contributed by atoms with Gasteiger partial charge in [0.25, 0.3) is 20.2 Å². The Kier molecular flexibility index (Phi) is 2.90. The smallest absolute Gasteiger partial charge is 0.280 e. The van der Waals surface area contributed by atoms with E-state index in [1.807, 2.05) is 0 Å². The number of carbonyl (C=O) groups excluding carboxylic acids is 1. The molecule has 0 N–H and O–H groups in total. The SMILES string of the molecule is COS(=O)(=O)C1(C(=O)C2(S(=O)(=O)OC)CC2)CC1.